The van der Waals surface area contributed by atoms with Gasteiger partial charge in [-0.1, -0.05) is 54.6 Å². The molecule has 1 aliphatic rings. The molecule has 0 saturated heterocycles. The van der Waals surface area contributed by atoms with Gasteiger partial charge in [-0.3, -0.25) is 4.90 Å². The molecule has 2 aromatic carbocycles. The maximum Gasteiger partial charge on any atom is 0.0841 e. The lowest BCUT2D eigenvalue weighted by Gasteiger charge is -2.34. The molecule has 2 nitrogen and oxygen atoms in total. The fourth-order valence-corrected chi connectivity index (χ4v) is 2.65. The van der Waals surface area contributed by atoms with Crippen molar-refractivity contribution < 1.29 is 0 Å². The van der Waals surface area contributed by atoms with Gasteiger partial charge < -0.3 is 5.73 Å². The Kier molecular flexibility index (Phi) is 3.13. The van der Waals surface area contributed by atoms with E-state index in [2.05, 4.69) is 59.5 Å². The quantitative estimate of drug-likeness (QED) is 0.871. The van der Waals surface area contributed by atoms with Crippen molar-refractivity contribution in [1.29, 1.82) is 0 Å². The molecule has 2 aromatic rings. The molecule has 0 amide bonds. The number of hydrogen-bond acceptors (Lipinski definition) is 2. The lowest BCUT2D eigenvalue weighted by Crippen LogP contribution is -2.39. The Morgan fingerprint density at radius 1 is 1.00 bits per heavy atom. The van der Waals surface area contributed by atoms with E-state index >= 15 is 0 Å². The largest absolute Gasteiger partial charge is 0.312 e. The Morgan fingerprint density at radius 2 is 1.72 bits per heavy atom. The first-order valence-corrected chi connectivity index (χ1v) is 6.46. The molecule has 0 bridgehead atoms. The van der Waals surface area contributed by atoms with Crippen LogP contribution in [0.4, 0.5) is 0 Å². The van der Waals surface area contributed by atoms with E-state index in [4.69, 9.17) is 5.73 Å². The summed E-state index contributed by atoms with van der Waals surface area (Å²) in [7, 11) is 0. The highest BCUT2D eigenvalue weighted by atomic mass is 15.2. The number of rotatable bonds is 2. The molecule has 0 radical (unpaired) electrons. The zero-order valence-electron chi connectivity index (χ0n) is 10.4. The number of benzene rings is 2. The van der Waals surface area contributed by atoms with Gasteiger partial charge in [0.2, 0.25) is 0 Å². The minimum absolute atomic E-state index is 0.0233. The molecule has 2 N–H and O–H groups in total. The Balaban J connectivity index is 1.81. The van der Waals surface area contributed by atoms with E-state index in [1.54, 1.807) is 0 Å². The van der Waals surface area contributed by atoms with Crippen LogP contribution in [0.5, 0.6) is 0 Å². The van der Waals surface area contributed by atoms with Crippen LogP contribution in [-0.2, 0) is 13.0 Å². The first kappa shape index (κ1) is 11.5. The van der Waals surface area contributed by atoms with Gasteiger partial charge in [-0.2, -0.15) is 0 Å². The summed E-state index contributed by atoms with van der Waals surface area (Å²) in [5.74, 6) is 0. The summed E-state index contributed by atoms with van der Waals surface area (Å²) < 4.78 is 0. The van der Waals surface area contributed by atoms with Gasteiger partial charge in [0.15, 0.2) is 0 Å². The molecule has 0 spiro atoms. The molecule has 1 aliphatic heterocycles. The minimum atomic E-state index is 0.0233. The summed E-state index contributed by atoms with van der Waals surface area (Å²) in [5.41, 5.74) is 10.4. The van der Waals surface area contributed by atoms with Crippen molar-refractivity contribution in [3.8, 4) is 0 Å². The molecule has 0 aromatic heterocycles. The van der Waals surface area contributed by atoms with Gasteiger partial charge in [0.1, 0.15) is 0 Å². The number of fused-ring (bicyclic) bond motifs is 1. The predicted octanol–water partition coefficient (Wildman–Crippen LogP) is 2.70. The molecule has 1 unspecified atom stereocenters. The van der Waals surface area contributed by atoms with Gasteiger partial charge in [0, 0.05) is 13.1 Å². The average molecular weight is 238 g/mol. The Morgan fingerprint density at radius 3 is 2.56 bits per heavy atom. The zero-order chi connectivity index (χ0) is 12.4. The van der Waals surface area contributed by atoms with Crippen LogP contribution in [0.1, 0.15) is 22.9 Å². The summed E-state index contributed by atoms with van der Waals surface area (Å²) in [6, 6.07) is 19.0. The van der Waals surface area contributed by atoms with Crippen molar-refractivity contribution in [2.24, 2.45) is 5.73 Å². The highest BCUT2D eigenvalue weighted by molar-refractivity contribution is 5.32. The summed E-state index contributed by atoms with van der Waals surface area (Å²) in [5, 5.41) is 0. The van der Waals surface area contributed by atoms with Crippen molar-refractivity contribution in [1.82, 2.24) is 4.90 Å². The highest BCUT2D eigenvalue weighted by Crippen LogP contribution is 2.26. The normalized spacial score (nSPS) is 19.5. The molecule has 0 fully saturated rings. The van der Waals surface area contributed by atoms with Gasteiger partial charge >= 0.3 is 0 Å². The molecular formula is C16H18N2. The van der Waals surface area contributed by atoms with Crippen LogP contribution in [0, 0.1) is 0 Å². The number of hydrogen-bond donors (Lipinski definition) is 1. The second-order valence-corrected chi connectivity index (χ2v) is 4.85. The van der Waals surface area contributed by atoms with E-state index in [1.807, 2.05) is 0 Å². The molecule has 2 heteroatoms. The second kappa shape index (κ2) is 4.92. The highest BCUT2D eigenvalue weighted by Gasteiger charge is 2.23. The third-order valence-electron chi connectivity index (χ3n) is 3.66. The fourth-order valence-electron chi connectivity index (χ4n) is 2.65. The Bertz CT molecular complexity index is 522. The summed E-state index contributed by atoms with van der Waals surface area (Å²) >= 11 is 0. The lowest BCUT2D eigenvalue weighted by atomic mass is 9.97. The van der Waals surface area contributed by atoms with Gasteiger partial charge in [0.05, 0.1) is 6.17 Å². The van der Waals surface area contributed by atoms with Crippen LogP contribution in [-0.4, -0.2) is 11.4 Å². The smallest absolute Gasteiger partial charge is 0.0841 e. The fraction of sp³-hybridized carbons (Fsp3) is 0.250. The molecule has 1 atom stereocenters. The number of nitrogens with zero attached hydrogens (tertiary/aromatic N) is 1. The van der Waals surface area contributed by atoms with E-state index in [0.29, 0.717) is 0 Å². The molecule has 92 valence electrons. The maximum absolute atomic E-state index is 6.36. The number of nitrogens with two attached hydrogens (primary N) is 1. The third-order valence-corrected chi connectivity index (χ3v) is 3.66. The van der Waals surface area contributed by atoms with Crippen molar-refractivity contribution in [3.05, 3.63) is 71.3 Å². The summed E-state index contributed by atoms with van der Waals surface area (Å²) in [4.78, 5) is 2.34. The van der Waals surface area contributed by atoms with E-state index in [-0.39, 0.29) is 6.17 Å². The van der Waals surface area contributed by atoms with Crippen molar-refractivity contribution in [3.63, 3.8) is 0 Å². The lowest BCUT2D eigenvalue weighted by molar-refractivity contribution is 0.180. The average Bonchev–Trinajstić information content (AvgIpc) is 2.43. The standard InChI is InChI=1S/C16H18N2/c17-16-15-9-5-4-8-14(15)10-11-18(16)12-13-6-2-1-3-7-13/h1-9,16H,10-12,17H2. The first-order chi connectivity index (χ1) is 8.84. The van der Waals surface area contributed by atoms with Gasteiger partial charge in [0.25, 0.3) is 0 Å². The van der Waals surface area contributed by atoms with Crippen LogP contribution < -0.4 is 5.73 Å². The topological polar surface area (TPSA) is 29.3 Å². The molecule has 18 heavy (non-hydrogen) atoms. The van der Waals surface area contributed by atoms with Crippen molar-refractivity contribution >= 4 is 0 Å². The Labute approximate surface area is 108 Å². The van der Waals surface area contributed by atoms with Crippen molar-refractivity contribution in [2.75, 3.05) is 6.54 Å². The van der Waals surface area contributed by atoms with Crippen LogP contribution in [0.2, 0.25) is 0 Å². The van der Waals surface area contributed by atoms with Crippen LogP contribution in [0.3, 0.4) is 0 Å². The van der Waals surface area contributed by atoms with Gasteiger partial charge in [-0.25, -0.2) is 0 Å². The van der Waals surface area contributed by atoms with E-state index in [0.717, 1.165) is 19.5 Å². The minimum Gasteiger partial charge on any atom is -0.312 e. The van der Waals surface area contributed by atoms with Crippen LogP contribution >= 0.6 is 0 Å². The van der Waals surface area contributed by atoms with Gasteiger partial charge in [-0.05, 0) is 23.1 Å². The molecule has 3 rings (SSSR count). The van der Waals surface area contributed by atoms with E-state index in [9.17, 15) is 0 Å². The first-order valence-electron chi connectivity index (χ1n) is 6.46. The van der Waals surface area contributed by atoms with Crippen molar-refractivity contribution in [2.45, 2.75) is 19.1 Å². The zero-order valence-corrected chi connectivity index (χ0v) is 10.4. The van der Waals surface area contributed by atoms with Gasteiger partial charge in [-0.15, -0.1) is 0 Å². The van der Waals surface area contributed by atoms with E-state index in [1.165, 1.54) is 16.7 Å². The SMILES string of the molecule is NC1c2ccccc2CCN1Cc1ccccc1. The predicted molar refractivity (Wildman–Crippen MR) is 73.9 cm³/mol. The van der Waals surface area contributed by atoms with Crippen LogP contribution in [0.15, 0.2) is 54.6 Å². The molecule has 0 aliphatic carbocycles. The third kappa shape index (κ3) is 2.17. The summed E-state index contributed by atoms with van der Waals surface area (Å²) in [6.45, 7) is 1.96. The molecule has 0 saturated carbocycles. The van der Waals surface area contributed by atoms with E-state index < -0.39 is 0 Å². The molecular weight excluding hydrogens is 220 g/mol. The maximum atomic E-state index is 6.36. The van der Waals surface area contributed by atoms with Crippen LogP contribution in [0.25, 0.3) is 0 Å². The Hall–Kier alpha value is -1.64. The molecule has 1 heterocycles. The monoisotopic (exact) mass is 238 g/mol. The summed E-state index contributed by atoms with van der Waals surface area (Å²) in [6.07, 6.45) is 1.12. The second-order valence-electron chi connectivity index (χ2n) is 4.85.